The second-order valence-electron chi connectivity index (χ2n) is 2.15. The van der Waals surface area contributed by atoms with Gasteiger partial charge in [0, 0.05) is 0 Å². The van der Waals surface area contributed by atoms with Crippen molar-refractivity contribution in [2.75, 3.05) is 0 Å². The zero-order valence-electron chi connectivity index (χ0n) is 5.19. The topological polar surface area (TPSA) is 49.7 Å². The molecule has 1 aliphatic heterocycles. The molecule has 0 saturated carbocycles. The Balaban J connectivity index is 2.58. The van der Waals surface area contributed by atoms with Crippen LogP contribution in [0, 0.1) is 0 Å². The van der Waals surface area contributed by atoms with Crippen LogP contribution in [0.4, 0.5) is 0 Å². The van der Waals surface area contributed by atoms with Crippen molar-refractivity contribution in [2.45, 2.75) is 25.2 Å². The molecule has 3 heteroatoms. The van der Waals surface area contributed by atoms with Crippen LogP contribution in [0.25, 0.3) is 0 Å². The maximum Gasteiger partial charge on any atom is 0.124 e. The summed E-state index contributed by atoms with van der Waals surface area (Å²) < 4.78 is 4.87. The number of hydrogen-bond acceptors (Lipinski definition) is 3. The smallest absolute Gasteiger partial charge is 0.124 e. The van der Waals surface area contributed by atoms with E-state index in [2.05, 4.69) is 0 Å². The first-order valence-corrected chi connectivity index (χ1v) is 2.90. The van der Waals surface area contributed by atoms with Crippen LogP contribution in [-0.4, -0.2) is 28.5 Å². The molecule has 3 nitrogen and oxygen atoms in total. The molecule has 52 valence electrons. The predicted molar refractivity (Wildman–Crippen MR) is 31.7 cm³/mol. The molecule has 1 rings (SSSR count). The number of aliphatic hydroxyl groups excluding tert-OH is 2. The molecule has 0 bridgehead atoms. The Morgan fingerprint density at radius 3 is 2.56 bits per heavy atom. The average molecular weight is 130 g/mol. The highest BCUT2D eigenvalue weighted by Crippen LogP contribution is 2.10. The second-order valence-corrected chi connectivity index (χ2v) is 2.15. The summed E-state index contributed by atoms with van der Waals surface area (Å²) in [5, 5.41) is 18.0. The lowest BCUT2D eigenvalue weighted by Gasteiger charge is -2.24. The molecule has 2 N–H and O–H groups in total. The molecule has 0 unspecified atom stereocenters. The van der Waals surface area contributed by atoms with E-state index in [1.165, 1.54) is 12.3 Å². The molecule has 9 heavy (non-hydrogen) atoms. The summed E-state index contributed by atoms with van der Waals surface area (Å²) in [6.45, 7) is 1.71. The van der Waals surface area contributed by atoms with Gasteiger partial charge in [-0.3, -0.25) is 0 Å². The number of rotatable bonds is 0. The summed E-state index contributed by atoms with van der Waals surface area (Å²) in [6.07, 6.45) is 0.973. The zero-order chi connectivity index (χ0) is 6.85. The molecular formula is C6H10O3. The molecule has 1 heterocycles. The summed E-state index contributed by atoms with van der Waals surface area (Å²) in [7, 11) is 0. The van der Waals surface area contributed by atoms with Gasteiger partial charge in [-0.05, 0) is 13.0 Å². The van der Waals surface area contributed by atoms with E-state index in [1.807, 2.05) is 0 Å². The van der Waals surface area contributed by atoms with Gasteiger partial charge in [-0.2, -0.15) is 0 Å². The Bertz CT molecular complexity index is 121. The maximum absolute atomic E-state index is 9.02. The summed E-state index contributed by atoms with van der Waals surface area (Å²) in [5.41, 5.74) is 0. The van der Waals surface area contributed by atoms with Gasteiger partial charge in [0.15, 0.2) is 0 Å². The molecule has 0 aromatic heterocycles. The van der Waals surface area contributed by atoms with Crippen LogP contribution >= 0.6 is 0 Å². The van der Waals surface area contributed by atoms with Gasteiger partial charge in [0.25, 0.3) is 0 Å². The van der Waals surface area contributed by atoms with E-state index >= 15 is 0 Å². The van der Waals surface area contributed by atoms with Crippen molar-refractivity contribution in [3.8, 4) is 0 Å². The van der Waals surface area contributed by atoms with Crippen molar-refractivity contribution in [1.82, 2.24) is 0 Å². The van der Waals surface area contributed by atoms with Crippen molar-refractivity contribution in [3.05, 3.63) is 12.3 Å². The monoisotopic (exact) mass is 130 g/mol. The fraction of sp³-hybridized carbons (Fsp3) is 0.667. The summed E-state index contributed by atoms with van der Waals surface area (Å²) in [4.78, 5) is 0. The third-order valence-electron chi connectivity index (χ3n) is 1.40. The normalized spacial score (nSPS) is 42.3. The lowest BCUT2D eigenvalue weighted by molar-refractivity contribution is -0.0543. The van der Waals surface area contributed by atoms with Crippen LogP contribution in [0.1, 0.15) is 6.92 Å². The zero-order valence-corrected chi connectivity index (χ0v) is 5.19. The Morgan fingerprint density at radius 1 is 1.44 bits per heavy atom. The van der Waals surface area contributed by atoms with E-state index in [4.69, 9.17) is 14.9 Å². The van der Waals surface area contributed by atoms with E-state index in [9.17, 15) is 0 Å². The van der Waals surface area contributed by atoms with Crippen LogP contribution in [0.5, 0.6) is 0 Å². The molecule has 0 aliphatic carbocycles. The van der Waals surface area contributed by atoms with Crippen molar-refractivity contribution < 1.29 is 14.9 Å². The molecule has 0 aromatic carbocycles. The van der Waals surface area contributed by atoms with E-state index in [-0.39, 0.29) is 6.10 Å². The first-order valence-electron chi connectivity index (χ1n) is 2.90. The maximum atomic E-state index is 9.02. The van der Waals surface area contributed by atoms with Gasteiger partial charge in [-0.15, -0.1) is 0 Å². The van der Waals surface area contributed by atoms with Crippen LogP contribution in [0.3, 0.4) is 0 Å². The van der Waals surface area contributed by atoms with Crippen molar-refractivity contribution in [1.29, 1.82) is 0 Å². The van der Waals surface area contributed by atoms with E-state index < -0.39 is 12.2 Å². The molecule has 0 saturated heterocycles. The van der Waals surface area contributed by atoms with Gasteiger partial charge < -0.3 is 14.9 Å². The highest BCUT2D eigenvalue weighted by molar-refractivity contribution is 4.95. The molecule has 0 radical (unpaired) electrons. The van der Waals surface area contributed by atoms with Crippen molar-refractivity contribution >= 4 is 0 Å². The van der Waals surface area contributed by atoms with Gasteiger partial charge >= 0.3 is 0 Å². The van der Waals surface area contributed by atoms with E-state index in [1.54, 1.807) is 6.92 Å². The molecule has 1 aliphatic rings. The van der Waals surface area contributed by atoms with Gasteiger partial charge in [0.1, 0.15) is 18.3 Å². The van der Waals surface area contributed by atoms with Crippen LogP contribution in [0.15, 0.2) is 12.3 Å². The first-order chi connectivity index (χ1) is 4.22. The molecule has 0 amide bonds. The largest absolute Gasteiger partial charge is 0.496 e. The van der Waals surface area contributed by atoms with E-state index in [0.29, 0.717) is 0 Å². The van der Waals surface area contributed by atoms with Gasteiger partial charge in [0.05, 0.1) is 6.26 Å². The third-order valence-corrected chi connectivity index (χ3v) is 1.40. The highest BCUT2D eigenvalue weighted by Gasteiger charge is 2.24. The lowest BCUT2D eigenvalue weighted by atomic mass is 10.1. The van der Waals surface area contributed by atoms with Gasteiger partial charge in [-0.25, -0.2) is 0 Å². The second kappa shape index (κ2) is 2.37. The minimum absolute atomic E-state index is 0.301. The Hall–Kier alpha value is -0.540. The fourth-order valence-corrected chi connectivity index (χ4v) is 0.722. The number of hydrogen-bond donors (Lipinski definition) is 2. The quantitative estimate of drug-likeness (QED) is 0.471. The fourth-order valence-electron chi connectivity index (χ4n) is 0.722. The minimum atomic E-state index is -0.782. The van der Waals surface area contributed by atoms with Crippen LogP contribution in [0.2, 0.25) is 0 Å². The molecular weight excluding hydrogens is 120 g/mol. The number of ether oxygens (including phenoxy) is 1. The average Bonchev–Trinajstić information content (AvgIpc) is 1.83. The Morgan fingerprint density at radius 2 is 2.11 bits per heavy atom. The molecule has 0 spiro atoms. The standard InChI is InChI=1S/C6H10O3/c1-4-6(8)5(7)2-3-9-4/h2-8H,1H3/t4-,5-,6-/m0/s1. The molecule has 0 fully saturated rings. The van der Waals surface area contributed by atoms with Gasteiger partial charge in [-0.1, -0.05) is 0 Å². The molecule has 3 atom stereocenters. The summed E-state index contributed by atoms with van der Waals surface area (Å²) >= 11 is 0. The van der Waals surface area contributed by atoms with Gasteiger partial charge in [0.2, 0.25) is 0 Å². The van der Waals surface area contributed by atoms with Crippen molar-refractivity contribution in [3.63, 3.8) is 0 Å². The third kappa shape index (κ3) is 1.23. The summed E-state index contributed by atoms with van der Waals surface area (Å²) in [5.74, 6) is 0. The lowest BCUT2D eigenvalue weighted by Crippen LogP contribution is -2.37. The van der Waals surface area contributed by atoms with Crippen molar-refractivity contribution in [2.24, 2.45) is 0 Å². The molecule has 0 aromatic rings. The number of aliphatic hydroxyl groups is 2. The minimum Gasteiger partial charge on any atom is -0.496 e. The highest BCUT2D eigenvalue weighted by atomic mass is 16.5. The SMILES string of the molecule is C[C@@H]1OC=C[C@H](O)[C@H]1O. The van der Waals surface area contributed by atoms with Crippen LogP contribution in [-0.2, 0) is 4.74 Å². The predicted octanol–water partition coefficient (Wildman–Crippen LogP) is -0.359. The first kappa shape index (κ1) is 6.58. The summed E-state index contributed by atoms with van der Waals surface area (Å²) in [6, 6.07) is 0. The van der Waals surface area contributed by atoms with Crippen LogP contribution < -0.4 is 0 Å². The van der Waals surface area contributed by atoms with E-state index in [0.717, 1.165) is 0 Å². The Labute approximate surface area is 53.6 Å². The Kier molecular flexibility index (Phi) is 1.73.